The van der Waals surface area contributed by atoms with E-state index in [9.17, 15) is 18.5 Å². The van der Waals surface area contributed by atoms with Crippen molar-refractivity contribution in [2.75, 3.05) is 28.7 Å². The maximum atomic E-state index is 12.2. The zero-order valence-corrected chi connectivity index (χ0v) is 13.7. The summed E-state index contributed by atoms with van der Waals surface area (Å²) < 4.78 is 24.5. The first kappa shape index (κ1) is 16.4. The van der Waals surface area contributed by atoms with Crippen molar-refractivity contribution in [3.05, 3.63) is 33.3 Å². The first-order valence-electron chi connectivity index (χ1n) is 6.37. The van der Waals surface area contributed by atoms with Crippen molar-refractivity contribution in [1.29, 1.82) is 0 Å². The largest absolute Gasteiger partial charge is 0.348 e. The molecule has 1 atom stereocenters. The number of hydrogen-bond acceptors (Lipinski definition) is 6. The average Bonchev–Trinajstić information content (AvgIpc) is 2.46. The molecule has 0 bridgehead atoms. The van der Waals surface area contributed by atoms with Crippen molar-refractivity contribution in [1.82, 2.24) is 0 Å². The molecule has 1 aromatic carbocycles. The van der Waals surface area contributed by atoms with E-state index in [4.69, 9.17) is 11.6 Å². The van der Waals surface area contributed by atoms with Gasteiger partial charge in [0.05, 0.1) is 4.92 Å². The lowest BCUT2D eigenvalue weighted by atomic mass is 10.2. The van der Waals surface area contributed by atoms with E-state index in [1.165, 1.54) is 17.8 Å². The van der Waals surface area contributed by atoms with E-state index in [2.05, 4.69) is 0 Å². The molecular weight excluding hydrogens is 336 g/mol. The summed E-state index contributed by atoms with van der Waals surface area (Å²) in [4.78, 5) is 12.3. The molecule has 0 radical (unpaired) electrons. The van der Waals surface area contributed by atoms with Crippen LogP contribution >= 0.6 is 23.4 Å². The maximum Gasteiger partial charge on any atom is 0.310 e. The quantitative estimate of drug-likeness (QED) is 0.613. The molecule has 2 rings (SSSR count). The first-order chi connectivity index (χ1) is 9.88. The van der Waals surface area contributed by atoms with Crippen molar-refractivity contribution < 1.29 is 13.3 Å². The summed E-state index contributed by atoms with van der Waals surface area (Å²) in [6.45, 7) is 2.02. The lowest BCUT2D eigenvalue weighted by Gasteiger charge is -2.36. The summed E-state index contributed by atoms with van der Waals surface area (Å²) in [5, 5.41) is 10.5. The van der Waals surface area contributed by atoms with Crippen molar-refractivity contribution in [3.8, 4) is 0 Å². The van der Waals surface area contributed by atoms with Gasteiger partial charge in [-0.2, -0.15) is 11.8 Å². The normalized spacial score (nSPS) is 19.5. The van der Waals surface area contributed by atoms with Gasteiger partial charge in [0.15, 0.2) is 9.84 Å². The Morgan fingerprint density at radius 2 is 2.24 bits per heavy atom. The van der Waals surface area contributed by atoms with Crippen LogP contribution in [0.4, 0.5) is 11.4 Å². The van der Waals surface area contributed by atoms with Crippen LogP contribution in [0.3, 0.4) is 0 Å². The van der Waals surface area contributed by atoms with Crippen LogP contribution in [0.25, 0.3) is 0 Å². The SMILES string of the molecule is CCS(=O)(=O)C1CSCCN1c1cccc(Cl)c1[N+](=O)[O-]. The Bertz CT molecular complexity index is 651. The monoisotopic (exact) mass is 350 g/mol. The zero-order valence-electron chi connectivity index (χ0n) is 11.4. The van der Waals surface area contributed by atoms with Gasteiger partial charge >= 0.3 is 5.69 Å². The van der Waals surface area contributed by atoms with Gasteiger partial charge < -0.3 is 4.90 Å². The van der Waals surface area contributed by atoms with Gasteiger partial charge in [-0.15, -0.1) is 0 Å². The van der Waals surface area contributed by atoms with Crippen LogP contribution in [0.5, 0.6) is 0 Å². The zero-order chi connectivity index (χ0) is 15.6. The molecule has 9 heteroatoms. The Morgan fingerprint density at radius 3 is 2.86 bits per heavy atom. The van der Waals surface area contributed by atoms with E-state index in [1.807, 2.05) is 0 Å². The van der Waals surface area contributed by atoms with Gasteiger partial charge in [0.25, 0.3) is 0 Å². The van der Waals surface area contributed by atoms with E-state index in [1.54, 1.807) is 24.0 Å². The van der Waals surface area contributed by atoms with Crippen LogP contribution in [0.2, 0.25) is 5.02 Å². The average molecular weight is 351 g/mol. The van der Waals surface area contributed by atoms with Gasteiger partial charge in [-0.25, -0.2) is 8.42 Å². The van der Waals surface area contributed by atoms with Gasteiger partial charge in [0, 0.05) is 23.8 Å². The fourth-order valence-corrected chi connectivity index (χ4v) is 5.49. The molecule has 1 aromatic rings. The summed E-state index contributed by atoms with van der Waals surface area (Å²) in [6.07, 6.45) is 0. The molecule has 0 aliphatic carbocycles. The number of nitro groups is 1. The summed E-state index contributed by atoms with van der Waals surface area (Å²) in [5.74, 6) is 1.13. The molecule has 1 unspecified atom stereocenters. The molecule has 1 heterocycles. The van der Waals surface area contributed by atoms with Crippen molar-refractivity contribution in [2.45, 2.75) is 12.3 Å². The molecule has 0 spiro atoms. The van der Waals surface area contributed by atoms with E-state index in [-0.39, 0.29) is 22.2 Å². The Morgan fingerprint density at radius 1 is 1.52 bits per heavy atom. The van der Waals surface area contributed by atoms with E-state index in [0.29, 0.717) is 12.3 Å². The lowest BCUT2D eigenvalue weighted by Crippen LogP contribution is -2.48. The van der Waals surface area contributed by atoms with Crippen LogP contribution in [-0.2, 0) is 9.84 Å². The molecule has 0 N–H and O–H groups in total. The number of sulfone groups is 1. The highest BCUT2D eigenvalue weighted by atomic mass is 35.5. The highest BCUT2D eigenvalue weighted by molar-refractivity contribution is 8.01. The number of nitro benzene ring substituents is 1. The third kappa shape index (κ3) is 3.27. The molecule has 1 saturated heterocycles. The summed E-state index contributed by atoms with van der Waals surface area (Å²) in [5.41, 5.74) is 0.0391. The van der Waals surface area contributed by atoms with Crippen LogP contribution in [0.1, 0.15) is 6.92 Å². The standard InChI is InChI=1S/C12H15ClN2O4S2/c1-2-21(18,19)11-8-20-7-6-14(11)10-5-3-4-9(13)12(10)15(16)17/h3-5,11H,2,6-8H2,1H3. The third-order valence-electron chi connectivity index (χ3n) is 3.36. The minimum Gasteiger partial charge on any atom is -0.348 e. The maximum absolute atomic E-state index is 12.2. The molecule has 0 aromatic heterocycles. The number of para-hydroxylation sites is 1. The van der Waals surface area contributed by atoms with Gasteiger partial charge in [-0.05, 0) is 12.1 Å². The summed E-state index contributed by atoms with van der Waals surface area (Å²) in [6, 6.07) is 4.59. The number of benzene rings is 1. The van der Waals surface area contributed by atoms with Crippen LogP contribution in [0.15, 0.2) is 18.2 Å². The highest BCUT2D eigenvalue weighted by Crippen LogP contribution is 2.38. The van der Waals surface area contributed by atoms with Crippen molar-refractivity contribution in [3.63, 3.8) is 0 Å². The fraction of sp³-hybridized carbons (Fsp3) is 0.500. The number of hydrogen-bond donors (Lipinski definition) is 0. The Balaban J connectivity index is 2.53. The van der Waals surface area contributed by atoms with Crippen molar-refractivity contribution in [2.24, 2.45) is 0 Å². The van der Waals surface area contributed by atoms with Gasteiger partial charge in [0.1, 0.15) is 16.1 Å². The second kappa shape index (κ2) is 6.41. The molecule has 21 heavy (non-hydrogen) atoms. The Kier molecular flexibility index (Phi) is 5.00. The number of anilines is 1. The minimum absolute atomic E-state index is 0.00307. The third-order valence-corrected chi connectivity index (χ3v) is 6.95. The molecule has 1 aliphatic rings. The topological polar surface area (TPSA) is 80.5 Å². The molecular formula is C12H15ClN2O4S2. The molecule has 6 nitrogen and oxygen atoms in total. The predicted molar refractivity (Wildman–Crippen MR) is 86.0 cm³/mol. The van der Waals surface area contributed by atoms with Crippen LogP contribution < -0.4 is 4.90 Å². The summed E-state index contributed by atoms with van der Waals surface area (Å²) >= 11 is 7.45. The van der Waals surface area contributed by atoms with Crippen molar-refractivity contribution >= 4 is 44.6 Å². The predicted octanol–water partition coefficient (Wildman–Crippen LogP) is 2.56. The number of halogens is 1. The van der Waals surface area contributed by atoms with E-state index in [0.717, 1.165) is 5.75 Å². The molecule has 0 saturated carbocycles. The number of rotatable bonds is 4. The van der Waals surface area contributed by atoms with Gasteiger partial charge in [0.2, 0.25) is 0 Å². The highest BCUT2D eigenvalue weighted by Gasteiger charge is 2.36. The Hall–Kier alpha value is -0.990. The molecule has 1 aliphatic heterocycles. The molecule has 116 valence electrons. The minimum atomic E-state index is -3.33. The second-order valence-corrected chi connectivity index (χ2v) is 8.54. The van der Waals surface area contributed by atoms with E-state index < -0.39 is 20.1 Å². The second-order valence-electron chi connectivity index (χ2n) is 4.54. The fourth-order valence-electron chi connectivity index (χ4n) is 2.26. The first-order valence-corrected chi connectivity index (χ1v) is 9.62. The smallest absolute Gasteiger partial charge is 0.310 e. The van der Waals surface area contributed by atoms with Crippen LogP contribution in [-0.4, -0.2) is 42.5 Å². The van der Waals surface area contributed by atoms with Gasteiger partial charge in [-0.3, -0.25) is 10.1 Å². The van der Waals surface area contributed by atoms with E-state index >= 15 is 0 Å². The molecule has 0 amide bonds. The van der Waals surface area contributed by atoms with Gasteiger partial charge in [-0.1, -0.05) is 24.6 Å². The number of nitrogens with zero attached hydrogens (tertiary/aromatic N) is 2. The lowest BCUT2D eigenvalue weighted by molar-refractivity contribution is -0.384. The molecule has 1 fully saturated rings. The number of thioether (sulfide) groups is 1. The summed E-state index contributed by atoms with van der Waals surface area (Å²) in [7, 11) is -3.33. The Labute approximate surface area is 132 Å². The van der Waals surface area contributed by atoms with Crippen LogP contribution in [0, 0.1) is 10.1 Å².